The lowest BCUT2D eigenvalue weighted by atomic mass is 10.1. The number of aryl methyl sites for hydroxylation is 2. The smallest absolute Gasteiger partial charge is 0.238 e. The first kappa shape index (κ1) is 20.7. The Labute approximate surface area is 178 Å². The van der Waals surface area contributed by atoms with E-state index in [0.29, 0.717) is 20.9 Å². The van der Waals surface area contributed by atoms with Gasteiger partial charge in [0, 0.05) is 19.2 Å². The highest BCUT2D eigenvalue weighted by Crippen LogP contribution is 2.30. The minimum atomic E-state index is -0.580. The maximum Gasteiger partial charge on any atom is 0.238 e. The van der Waals surface area contributed by atoms with Crippen molar-refractivity contribution in [3.63, 3.8) is 0 Å². The van der Waals surface area contributed by atoms with Gasteiger partial charge in [-0.1, -0.05) is 41.0 Å². The standard InChI is InChI=1S/C20H19Cl2N3O2S/c1-11-4-5-13(8-12(11)2)24-20-25(3)18(26)10-17(28-20)19(27)23-14-6-7-15(21)16(22)9-14/h4-9,17H,10H2,1-3H3,(H,23,27). The number of hydrogen-bond acceptors (Lipinski definition) is 4. The number of nitrogens with one attached hydrogen (secondary N) is 1. The van der Waals surface area contributed by atoms with E-state index in [-0.39, 0.29) is 18.2 Å². The molecule has 1 unspecified atom stereocenters. The number of amidine groups is 1. The zero-order valence-corrected chi connectivity index (χ0v) is 18.0. The van der Waals surface area contributed by atoms with Gasteiger partial charge < -0.3 is 5.32 Å². The zero-order valence-electron chi connectivity index (χ0n) is 15.6. The fourth-order valence-corrected chi connectivity index (χ4v) is 3.96. The lowest BCUT2D eigenvalue weighted by Gasteiger charge is -2.28. The average molecular weight is 436 g/mol. The summed E-state index contributed by atoms with van der Waals surface area (Å²) in [5, 5.41) is 3.46. The molecule has 0 spiro atoms. The van der Waals surface area contributed by atoms with Gasteiger partial charge in [0.05, 0.1) is 15.7 Å². The minimum absolute atomic E-state index is 0.0975. The van der Waals surface area contributed by atoms with Crippen LogP contribution in [0.1, 0.15) is 17.5 Å². The number of anilines is 1. The van der Waals surface area contributed by atoms with Crippen molar-refractivity contribution in [3.05, 3.63) is 57.6 Å². The molecule has 0 radical (unpaired) electrons. The summed E-state index contributed by atoms with van der Waals surface area (Å²) >= 11 is 13.2. The molecular weight excluding hydrogens is 417 g/mol. The van der Waals surface area contributed by atoms with Gasteiger partial charge in [0.2, 0.25) is 11.8 Å². The zero-order chi connectivity index (χ0) is 20.4. The quantitative estimate of drug-likeness (QED) is 0.720. The summed E-state index contributed by atoms with van der Waals surface area (Å²) in [4.78, 5) is 31.1. The Balaban J connectivity index is 1.79. The first-order valence-corrected chi connectivity index (χ1v) is 10.2. The molecule has 1 fully saturated rings. The second-order valence-electron chi connectivity index (χ2n) is 6.54. The number of aliphatic imine (C=N–C) groups is 1. The number of amides is 2. The Bertz CT molecular complexity index is 978. The van der Waals surface area contributed by atoms with Crippen LogP contribution in [0, 0.1) is 13.8 Å². The molecule has 8 heteroatoms. The largest absolute Gasteiger partial charge is 0.325 e. The molecule has 0 aromatic heterocycles. The van der Waals surface area contributed by atoms with Crippen molar-refractivity contribution in [3.8, 4) is 0 Å². The fraction of sp³-hybridized carbons (Fsp3) is 0.250. The molecule has 0 saturated carbocycles. The van der Waals surface area contributed by atoms with Crippen LogP contribution in [0.5, 0.6) is 0 Å². The van der Waals surface area contributed by atoms with Gasteiger partial charge in [-0.05, 0) is 55.3 Å². The first-order valence-electron chi connectivity index (χ1n) is 8.59. The van der Waals surface area contributed by atoms with Gasteiger partial charge in [0.1, 0.15) is 5.25 Å². The van der Waals surface area contributed by atoms with Crippen LogP contribution in [-0.4, -0.2) is 34.2 Å². The van der Waals surface area contributed by atoms with Gasteiger partial charge in [0.15, 0.2) is 5.17 Å². The SMILES string of the molecule is Cc1ccc(N=C2SC(C(=O)Nc3ccc(Cl)c(Cl)c3)CC(=O)N2C)cc1C. The number of hydrogen-bond donors (Lipinski definition) is 1. The molecule has 146 valence electrons. The van der Waals surface area contributed by atoms with Gasteiger partial charge in [-0.2, -0.15) is 0 Å². The van der Waals surface area contributed by atoms with Crippen LogP contribution in [-0.2, 0) is 9.59 Å². The molecule has 1 saturated heterocycles. The first-order chi connectivity index (χ1) is 13.2. The molecule has 0 bridgehead atoms. The predicted octanol–water partition coefficient (Wildman–Crippen LogP) is 5.20. The molecule has 3 rings (SSSR count). The summed E-state index contributed by atoms with van der Waals surface area (Å²) in [6.45, 7) is 4.04. The Morgan fingerprint density at radius 3 is 2.57 bits per heavy atom. The fourth-order valence-electron chi connectivity index (χ4n) is 2.60. The van der Waals surface area contributed by atoms with Crippen molar-refractivity contribution >= 4 is 63.3 Å². The molecule has 1 aliphatic heterocycles. The Morgan fingerprint density at radius 1 is 1.14 bits per heavy atom. The van der Waals surface area contributed by atoms with Gasteiger partial charge in [0.25, 0.3) is 0 Å². The molecule has 1 N–H and O–H groups in total. The van der Waals surface area contributed by atoms with E-state index < -0.39 is 5.25 Å². The Morgan fingerprint density at radius 2 is 1.89 bits per heavy atom. The predicted molar refractivity (Wildman–Crippen MR) is 117 cm³/mol. The molecule has 0 aliphatic carbocycles. The van der Waals surface area contributed by atoms with Crippen molar-refractivity contribution in [2.45, 2.75) is 25.5 Å². The molecule has 2 aromatic carbocycles. The van der Waals surface area contributed by atoms with E-state index >= 15 is 0 Å². The van der Waals surface area contributed by atoms with E-state index in [2.05, 4.69) is 10.3 Å². The molecule has 28 heavy (non-hydrogen) atoms. The molecule has 5 nitrogen and oxygen atoms in total. The van der Waals surface area contributed by atoms with Crippen molar-refractivity contribution in [2.75, 3.05) is 12.4 Å². The van der Waals surface area contributed by atoms with Gasteiger partial charge >= 0.3 is 0 Å². The van der Waals surface area contributed by atoms with Crippen LogP contribution in [0.25, 0.3) is 0 Å². The van der Waals surface area contributed by atoms with E-state index in [1.54, 1.807) is 25.2 Å². The molecule has 1 atom stereocenters. The third-order valence-corrected chi connectivity index (χ3v) is 6.44. The minimum Gasteiger partial charge on any atom is -0.325 e. The summed E-state index contributed by atoms with van der Waals surface area (Å²) < 4.78 is 0. The maximum atomic E-state index is 12.7. The molecule has 2 aromatic rings. The monoisotopic (exact) mass is 435 g/mol. The van der Waals surface area contributed by atoms with Crippen molar-refractivity contribution in [1.82, 2.24) is 4.90 Å². The molecule has 1 heterocycles. The van der Waals surface area contributed by atoms with Crippen LogP contribution in [0.3, 0.4) is 0 Å². The highest BCUT2D eigenvalue weighted by atomic mass is 35.5. The normalized spacial score (nSPS) is 18.5. The summed E-state index contributed by atoms with van der Waals surface area (Å²) in [5.41, 5.74) is 3.56. The van der Waals surface area contributed by atoms with E-state index in [0.717, 1.165) is 11.3 Å². The number of halogens is 2. The van der Waals surface area contributed by atoms with Crippen molar-refractivity contribution < 1.29 is 9.59 Å². The van der Waals surface area contributed by atoms with Gasteiger partial charge in [-0.15, -0.1) is 0 Å². The van der Waals surface area contributed by atoms with Crippen LogP contribution in [0.2, 0.25) is 10.0 Å². The number of carbonyl (C=O) groups excluding carboxylic acids is 2. The maximum absolute atomic E-state index is 12.7. The number of carbonyl (C=O) groups is 2. The second kappa shape index (κ2) is 8.55. The van der Waals surface area contributed by atoms with E-state index in [4.69, 9.17) is 23.2 Å². The summed E-state index contributed by atoms with van der Waals surface area (Å²) in [7, 11) is 1.67. The average Bonchev–Trinajstić information content (AvgIpc) is 2.65. The van der Waals surface area contributed by atoms with Crippen LogP contribution < -0.4 is 5.32 Å². The third kappa shape index (κ3) is 4.69. The van der Waals surface area contributed by atoms with Crippen LogP contribution >= 0.6 is 35.0 Å². The highest BCUT2D eigenvalue weighted by molar-refractivity contribution is 8.15. The van der Waals surface area contributed by atoms with Crippen LogP contribution in [0.4, 0.5) is 11.4 Å². The van der Waals surface area contributed by atoms with E-state index in [1.807, 2.05) is 32.0 Å². The van der Waals surface area contributed by atoms with E-state index in [9.17, 15) is 9.59 Å². The number of thioether (sulfide) groups is 1. The summed E-state index contributed by atoms with van der Waals surface area (Å²) in [6, 6.07) is 10.7. The lowest BCUT2D eigenvalue weighted by molar-refractivity contribution is -0.128. The molecular formula is C20H19Cl2N3O2S. The molecule has 1 aliphatic rings. The lowest BCUT2D eigenvalue weighted by Crippen LogP contribution is -2.43. The highest BCUT2D eigenvalue weighted by Gasteiger charge is 2.34. The van der Waals surface area contributed by atoms with E-state index in [1.165, 1.54) is 22.2 Å². The summed E-state index contributed by atoms with van der Waals surface area (Å²) in [6.07, 6.45) is 0.0975. The number of nitrogens with zero attached hydrogens (tertiary/aromatic N) is 2. The number of benzene rings is 2. The van der Waals surface area contributed by atoms with Gasteiger partial charge in [-0.3, -0.25) is 14.5 Å². The van der Waals surface area contributed by atoms with Crippen molar-refractivity contribution in [1.29, 1.82) is 0 Å². The molecule has 2 amide bonds. The summed E-state index contributed by atoms with van der Waals surface area (Å²) in [5.74, 6) is -0.437. The van der Waals surface area contributed by atoms with Crippen LogP contribution in [0.15, 0.2) is 41.4 Å². The topological polar surface area (TPSA) is 61.8 Å². The van der Waals surface area contributed by atoms with Gasteiger partial charge in [-0.25, -0.2) is 4.99 Å². The Hall–Kier alpha value is -2.02. The number of rotatable bonds is 3. The second-order valence-corrected chi connectivity index (χ2v) is 8.53. The van der Waals surface area contributed by atoms with Crippen molar-refractivity contribution in [2.24, 2.45) is 4.99 Å². The Kier molecular flexibility index (Phi) is 6.33. The third-order valence-electron chi connectivity index (χ3n) is 4.46.